The minimum atomic E-state index is -0.266. The van der Waals surface area contributed by atoms with Gasteiger partial charge in [0.1, 0.15) is 5.75 Å². The number of hydrogen-bond acceptors (Lipinski definition) is 3. The number of hydrogen-bond donors (Lipinski definition) is 3. The van der Waals surface area contributed by atoms with Crippen LogP contribution in [-0.4, -0.2) is 36.9 Å². The van der Waals surface area contributed by atoms with E-state index in [-0.39, 0.29) is 18.7 Å². The lowest BCUT2D eigenvalue weighted by Gasteiger charge is -2.12. The van der Waals surface area contributed by atoms with E-state index < -0.39 is 0 Å². The molecule has 5 heteroatoms. The van der Waals surface area contributed by atoms with Gasteiger partial charge < -0.3 is 20.5 Å². The van der Waals surface area contributed by atoms with Crippen molar-refractivity contribution in [2.45, 2.75) is 26.3 Å². The number of rotatable bonds is 7. The number of aryl methyl sites for hydroxylation is 1. The molecule has 1 aromatic carbocycles. The summed E-state index contributed by atoms with van der Waals surface area (Å²) in [5.74, 6) is 0.876. The molecule has 0 saturated carbocycles. The molecule has 0 heterocycles. The highest BCUT2D eigenvalue weighted by atomic mass is 16.5. The quantitative estimate of drug-likeness (QED) is 0.654. The van der Waals surface area contributed by atoms with Crippen molar-refractivity contribution in [1.29, 1.82) is 0 Å². The molecule has 19 heavy (non-hydrogen) atoms. The van der Waals surface area contributed by atoms with Crippen molar-refractivity contribution in [3.63, 3.8) is 0 Å². The number of nitrogens with one attached hydrogen (secondary N) is 2. The lowest BCUT2D eigenvalue weighted by atomic mass is 10.2. The van der Waals surface area contributed by atoms with Gasteiger partial charge in [-0.1, -0.05) is 18.2 Å². The summed E-state index contributed by atoms with van der Waals surface area (Å²) in [5, 5.41) is 14.1. The summed E-state index contributed by atoms with van der Waals surface area (Å²) in [6, 6.07) is 7.33. The van der Waals surface area contributed by atoms with Crippen LogP contribution in [0.4, 0.5) is 4.79 Å². The molecule has 1 unspecified atom stereocenters. The molecular formula is C14H22N2O3. The zero-order chi connectivity index (χ0) is 14.1. The number of para-hydroxylation sites is 1. The molecule has 1 atom stereocenters. The molecule has 0 bridgehead atoms. The summed E-state index contributed by atoms with van der Waals surface area (Å²) in [5.41, 5.74) is 1.10. The molecule has 0 aliphatic carbocycles. The number of carbonyl (C=O) groups is 1. The van der Waals surface area contributed by atoms with Gasteiger partial charge >= 0.3 is 6.03 Å². The Kier molecular flexibility index (Phi) is 6.74. The van der Waals surface area contributed by atoms with Crippen LogP contribution < -0.4 is 15.4 Å². The molecule has 0 fully saturated rings. The molecule has 2 amide bonds. The zero-order valence-corrected chi connectivity index (χ0v) is 11.5. The van der Waals surface area contributed by atoms with Crippen molar-refractivity contribution in [1.82, 2.24) is 10.6 Å². The Morgan fingerprint density at radius 3 is 2.84 bits per heavy atom. The fourth-order valence-corrected chi connectivity index (χ4v) is 1.50. The third kappa shape index (κ3) is 6.10. The average Bonchev–Trinajstić information content (AvgIpc) is 2.40. The van der Waals surface area contributed by atoms with Crippen LogP contribution in [0, 0.1) is 6.92 Å². The Balaban J connectivity index is 2.12. The molecule has 1 rings (SSSR count). The van der Waals surface area contributed by atoms with Gasteiger partial charge in [0.2, 0.25) is 0 Å². The predicted molar refractivity (Wildman–Crippen MR) is 74.4 cm³/mol. The van der Waals surface area contributed by atoms with Crippen molar-refractivity contribution >= 4 is 6.03 Å². The maximum atomic E-state index is 11.3. The first kappa shape index (κ1) is 15.3. The van der Waals surface area contributed by atoms with Crippen LogP contribution in [-0.2, 0) is 0 Å². The monoisotopic (exact) mass is 266 g/mol. The standard InChI is InChI=1S/C14H22N2O3/c1-11-6-3-4-7-13(11)19-9-5-8-15-14(18)16-12(2)10-17/h3-4,6-7,12,17H,5,8-10H2,1-2H3,(H2,15,16,18). The molecule has 0 aliphatic rings. The number of aliphatic hydroxyl groups excluding tert-OH is 1. The van der Waals surface area contributed by atoms with E-state index in [4.69, 9.17) is 9.84 Å². The van der Waals surface area contributed by atoms with Gasteiger partial charge in [0.15, 0.2) is 0 Å². The van der Waals surface area contributed by atoms with E-state index in [0.717, 1.165) is 17.7 Å². The van der Waals surface area contributed by atoms with Crippen molar-refractivity contribution in [3.05, 3.63) is 29.8 Å². The van der Waals surface area contributed by atoms with Crippen LogP contribution in [0.1, 0.15) is 18.9 Å². The summed E-state index contributed by atoms with van der Waals surface area (Å²) in [6.45, 7) is 4.76. The predicted octanol–water partition coefficient (Wildman–Crippen LogP) is 1.44. The minimum Gasteiger partial charge on any atom is -0.493 e. The van der Waals surface area contributed by atoms with E-state index >= 15 is 0 Å². The number of benzene rings is 1. The molecule has 0 aromatic heterocycles. The van der Waals surface area contributed by atoms with Gasteiger partial charge in [-0.2, -0.15) is 0 Å². The smallest absolute Gasteiger partial charge is 0.315 e. The zero-order valence-electron chi connectivity index (χ0n) is 11.5. The fraction of sp³-hybridized carbons (Fsp3) is 0.500. The molecule has 0 saturated heterocycles. The Labute approximate surface area is 114 Å². The van der Waals surface area contributed by atoms with Crippen LogP contribution in [0.2, 0.25) is 0 Å². The van der Waals surface area contributed by atoms with Gasteiger partial charge in [-0.25, -0.2) is 4.79 Å². The highest BCUT2D eigenvalue weighted by Gasteiger charge is 2.04. The van der Waals surface area contributed by atoms with Crippen molar-refractivity contribution in [2.24, 2.45) is 0 Å². The largest absolute Gasteiger partial charge is 0.493 e. The lowest BCUT2D eigenvalue weighted by molar-refractivity contribution is 0.219. The van der Waals surface area contributed by atoms with Crippen LogP contribution in [0.5, 0.6) is 5.75 Å². The van der Waals surface area contributed by atoms with E-state index in [1.807, 2.05) is 31.2 Å². The summed E-state index contributed by atoms with van der Waals surface area (Å²) in [7, 11) is 0. The topological polar surface area (TPSA) is 70.6 Å². The first-order valence-electron chi connectivity index (χ1n) is 6.47. The van der Waals surface area contributed by atoms with Gasteiger partial charge in [-0.05, 0) is 31.9 Å². The van der Waals surface area contributed by atoms with Gasteiger partial charge in [0.05, 0.1) is 19.3 Å². The van der Waals surface area contributed by atoms with Crippen LogP contribution in [0.3, 0.4) is 0 Å². The van der Waals surface area contributed by atoms with Crippen molar-refractivity contribution < 1.29 is 14.6 Å². The van der Waals surface area contributed by atoms with E-state index in [2.05, 4.69) is 10.6 Å². The Morgan fingerprint density at radius 2 is 2.16 bits per heavy atom. The molecule has 106 valence electrons. The molecule has 0 spiro atoms. The van der Waals surface area contributed by atoms with Crippen molar-refractivity contribution in [3.8, 4) is 5.75 Å². The molecule has 0 radical (unpaired) electrons. The maximum Gasteiger partial charge on any atom is 0.315 e. The number of amides is 2. The molecule has 0 aliphatic heterocycles. The van der Waals surface area contributed by atoms with Crippen molar-refractivity contribution in [2.75, 3.05) is 19.8 Å². The highest BCUT2D eigenvalue weighted by Crippen LogP contribution is 2.15. The van der Waals surface area contributed by atoms with Crippen LogP contribution in [0.15, 0.2) is 24.3 Å². The third-order valence-corrected chi connectivity index (χ3v) is 2.61. The normalized spacial score (nSPS) is 11.7. The van der Waals surface area contributed by atoms with Crippen LogP contribution in [0.25, 0.3) is 0 Å². The van der Waals surface area contributed by atoms with Crippen LogP contribution >= 0.6 is 0 Å². The van der Waals surface area contributed by atoms with E-state index in [1.54, 1.807) is 6.92 Å². The molecule has 3 N–H and O–H groups in total. The lowest BCUT2D eigenvalue weighted by Crippen LogP contribution is -2.42. The van der Waals surface area contributed by atoms with E-state index in [1.165, 1.54) is 0 Å². The Morgan fingerprint density at radius 1 is 1.42 bits per heavy atom. The summed E-state index contributed by atoms with van der Waals surface area (Å²) in [6.07, 6.45) is 0.731. The number of aliphatic hydroxyl groups is 1. The first-order valence-corrected chi connectivity index (χ1v) is 6.47. The maximum absolute atomic E-state index is 11.3. The number of ether oxygens (including phenoxy) is 1. The third-order valence-electron chi connectivity index (χ3n) is 2.61. The second kappa shape index (κ2) is 8.37. The molecule has 5 nitrogen and oxygen atoms in total. The average molecular weight is 266 g/mol. The molecular weight excluding hydrogens is 244 g/mol. The number of carbonyl (C=O) groups excluding carboxylic acids is 1. The molecule has 1 aromatic rings. The summed E-state index contributed by atoms with van der Waals surface area (Å²) < 4.78 is 5.61. The summed E-state index contributed by atoms with van der Waals surface area (Å²) >= 11 is 0. The van der Waals surface area contributed by atoms with Gasteiger partial charge in [-0.15, -0.1) is 0 Å². The van der Waals surface area contributed by atoms with E-state index in [9.17, 15) is 4.79 Å². The Hall–Kier alpha value is -1.75. The first-order chi connectivity index (χ1) is 9.13. The second-order valence-corrected chi connectivity index (χ2v) is 4.45. The Bertz CT molecular complexity index is 396. The van der Waals surface area contributed by atoms with Gasteiger partial charge in [-0.3, -0.25) is 0 Å². The fourth-order valence-electron chi connectivity index (χ4n) is 1.50. The highest BCUT2D eigenvalue weighted by molar-refractivity contribution is 5.74. The van der Waals surface area contributed by atoms with Gasteiger partial charge in [0, 0.05) is 6.54 Å². The SMILES string of the molecule is Cc1ccccc1OCCCNC(=O)NC(C)CO. The number of urea groups is 1. The minimum absolute atomic E-state index is 0.0657. The van der Waals surface area contributed by atoms with E-state index in [0.29, 0.717) is 13.2 Å². The van der Waals surface area contributed by atoms with Gasteiger partial charge in [0.25, 0.3) is 0 Å². The second-order valence-electron chi connectivity index (χ2n) is 4.45. The summed E-state index contributed by atoms with van der Waals surface area (Å²) in [4.78, 5) is 11.3.